The van der Waals surface area contributed by atoms with Gasteiger partial charge in [0.15, 0.2) is 5.03 Å². The Bertz CT molecular complexity index is 1300. The molecular formula is C19H24N6O3S2. The number of para-hydroxylation sites is 2. The summed E-state index contributed by atoms with van der Waals surface area (Å²) in [6, 6.07) is 7.67. The van der Waals surface area contributed by atoms with Gasteiger partial charge >= 0.3 is 10.0 Å². The molecule has 0 radical (unpaired) electrons. The Balaban J connectivity index is 1.54. The van der Waals surface area contributed by atoms with Gasteiger partial charge in [-0.25, -0.2) is 9.19 Å². The Morgan fingerprint density at radius 1 is 1.07 bits per heavy atom. The van der Waals surface area contributed by atoms with Gasteiger partial charge < -0.3 is 4.90 Å². The quantitative estimate of drug-likeness (QED) is 0.601. The number of nitrogens with zero attached hydrogens (tertiary/aromatic N) is 6. The van der Waals surface area contributed by atoms with Gasteiger partial charge in [0, 0.05) is 37.2 Å². The third-order valence-electron chi connectivity index (χ3n) is 5.37. The molecular weight excluding hydrogens is 424 g/mol. The molecule has 9 nitrogen and oxygen atoms in total. The summed E-state index contributed by atoms with van der Waals surface area (Å²) in [6.07, 6.45) is 5.77. The predicted octanol–water partition coefficient (Wildman–Crippen LogP) is 2.13. The molecule has 1 fully saturated rings. The van der Waals surface area contributed by atoms with Gasteiger partial charge in [0.05, 0.1) is 33.2 Å². The first kappa shape index (κ1) is 20.7. The fraction of sp³-hybridized carbons (Fsp3) is 0.421. The highest BCUT2D eigenvalue weighted by molar-refractivity contribution is 8.03. The van der Waals surface area contributed by atoms with Crippen LogP contribution < -0.4 is 4.90 Å². The molecule has 11 heteroatoms. The summed E-state index contributed by atoms with van der Waals surface area (Å²) in [6.45, 7) is 2.88. The van der Waals surface area contributed by atoms with E-state index < -0.39 is 19.8 Å². The number of anilines is 1. The van der Waals surface area contributed by atoms with Crippen LogP contribution in [-0.2, 0) is 26.8 Å². The minimum Gasteiger partial charge on any atom is -0.355 e. The number of sulfonamides is 1. The Labute approximate surface area is 176 Å². The highest BCUT2D eigenvalue weighted by atomic mass is 32.3. The maximum Gasteiger partial charge on any atom is 0.307 e. The molecule has 4 rings (SSSR count). The zero-order chi connectivity index (χ0) is 21.5. The van der Waals surface area contributed by atoms with Gasteiger partial charge in [-0.05, 0) is 31.9 Å². The Kier molecular flexibility index (Phi) is 5.27. The monoisotopic (exact) mass is 448 g/mol. The van der Waals surface area contributed by atoms with Crippen molar-refractivity contribution in [1.82, 2.24) is 19.7 Å². The minimum atomic E-state index is -4.06. The predicted molar refractivity (Wildman–Crippen MR) is 116 cm³/mol. The van der Waals surface area contributed by atoms with E-state index in [4.69, 9.17) is 0 Å². The van der Waals surface area contributed by atoms with Crippen LogP contribution in [0.25, 0.3) is 11.0 Å². The first-order valence-electron chi connectivity index (χ1n) is 9.60. The zero-order valence-electron chi connectivity index (χ0n) is 17.1. The lowest BCUT2D eigenvalue weighted by Gasteiger charge is -2.32. The molecule has 0 saturated carbocycles. The molecule has 1 atom stereocenters. The fourth-order valence-corrected chi connectivity index (χ4v) is 8.07. The SMILES string of the molecule is Cc1cnn(C)c1S(=O)(=O)N=S(C)(=O)C1CCN(c2cnc3ccccc3n2)CC1. The van der Waals surface area contributed by atoms with Gasteiger partial charge in [-0.2, -0.15) is 13.5 Å². The van der Waals surface area contributed by atoms with Crippen molar-refractivity contribution in [3.63, 3.8) is 0 Å². The van der Waals surface area contributed by atoms with E-state index in [1.807, 2.05) is 24.3 Å². The van der Waals surface area contributed by atoms with Crippen LogP contribution in [0, 0.1) is 6.92 Å². The van der Waals surface area contributed by atoms with Crippen LogP contribution in [0.1, 0.15) is 18.4 Å². The standard InChI is InChI=1S/C19H24N6O3S2/c1-14-12-21-24(2)19(14)30(27,28)23-29(3,26)15-8-10-25(11-9-15)18-13-20-16-6-4-5-7-17(16)22-18/h4-7,12-13,15H,8-11H2,1-3H3. The average molecular weight is 449 g/mol. The summed E-state index contributed by atoms with van der Waals surface area (Å²) in [7, 11) is -5.48. The number of hydrogen-bond donors (Lipinski definition) is 0. The lowest BCUT2D eigenvalue weighted by Crippen LogP contribution is -2.39. The van der Waals surface area contributed by atoms with Crippen molar-refractivity contribution >= 4 is 36.6 Å². The zero-order valence-corrected chi connectivity index (χ0v) is 18.7. The molecule has 160 valence electrons. The highest BCUT2D eigenvalue weighted by Gasteiger charge is 2.30. The topological polar surface area (TPSA) is 110 Å². The minimum absolute atomic E-state index is 0.0130. The number of fused-ring (bicyclic) bond motifs is 1. The number of benzene rings is 1. The van der Waals surface area contributed by atoms with Gasteiger partial charge in [-0.15, -0.1) is 3.77 Å². The van der Waals surface area contributed by atoms with Crippen LogP contribution in [0.4, 0.5) is 5.82 Å². The first-order valence-corrected chi connectivity index (χ1v) is 13.0. The smallest absolute Gasteiger partial charge is 0.307 e. The van der Waals surface area contributed by atoms with E-state index >= 15 is 0 Å². The van der Waals surface area contributed by atoms with E-state index in [0.717, 1.165) is 16.9 Å². The molecule has 1 unspecified atom stereocenters. The molecule has 1 aromatic carbocycles. The molecule has 1 saturated heterocycles. The van der Waals surface area contributed by atoms with Crippen molar-refractivity contribution in [3.05, 3.63) is 42.2 Å². The summed E-state index contributed by atoms with van der Waals surface area (Å²) in [5.41, 5.74) is 2.15. The second-order valence-electron chi connectivity index (χ2n) is 7.57. The van der Waals surface area contributed by atoms with Crippen LogP contribution in [-0.4, -0.2) is 57.0 Å². The van der Waals surface area contributed by atoms with Crippen LogP contribution >= 0.6 is 0 Å². The molecule has 0 amide bonds. The second-order valence-corrected chi connectivity index (χ2v) is 11.9. The van der Waals surface area contributed by atoms with Gasteiger partial charge in [0.1, 0.15) is 5.82 Å². The normalized spacial score (nSPS) is 17.8. The van der Waals surface area contributed by atoms with Crippen LogP contribution in [0.15, 0.2) is 45.5 Å². The van der Waals surface area contributed by atoms with Crippen LogP contribution in [0.3, 0.4) is 0 Å². The van der Waals surface area contributed by atoms with E-state index in [2.05, 4.69) is 23.7 Å². The number of rotatable bonds is 4. The summed E-state index contributed by atoms with van der Waals surface area (Å²) in [5, 5.41) is 3.63. The van der Waals surface area contributed by atoms with Gasteiger partial charge in [-0.1, -0.05) is 12.1 Å². The van der Waals surface area contributed by atoms with Crippen molar-refractivity contribution < 1.29 is 12.6 Å². The second kappa shape index (κ2) is 7.62. The summed E-state index contributed by atoms with van der Waals surface area (Å²) >= 11 is 0. The number of piperidine rings is 1. The summed E-state index contributed by atoms with van der Waals surface area (Å²) < 4.78 is 43.9. The Morgan fingerprint density at radius 2 is 1.73 bits per heavy atom. The van der Waals surface area contributed by atoms with E-state index in [1.54, 1.807) is 13.1 Å². The summed E-state index contributed by atoms with van der Waals surface area (Å²) in [5.74, 6) is 0.768. The molecule has 0 bridgehead atoms. The highest BCUT2D eigenvalue weighted by Crippen LogP contribution is 2.26. The van der Waals surface area contributed by atoms with Crippen LogP contribution in [0.2, 0.25) is 0 Å². The van der Waals surface area contributed by atoms with E-state index in [0.29, 0.717) is 31.5 Å². The Hall–Kier alpha value is -2.53. The van der Waals surface area contributed by atoms with Crippen molar-refractivity contribution in [2.75, 3.05) is 24.2 Å². The fourth-order valence-electron chi connectivity index (χ4n) is 3.82. The van der Waals surface area contributed by atoms with Crippen molar-refractivity contribution in [3.8, 4) is 0 Å². The van der Waals surface area contributed by atoms with Gasteiger partial charge in [-0.3, -0.25) is 9.67 Å². The number of hydrogen-bond acceptors (Lipinski definition) is 7. The molecule has 0 N–H and O–H groups in total. The molecule has 2 aromatic heterocycles. The van der Waals surface area contributed by atoms with E-state index in [9.17, 15) is 12.6 Å². The van der Waals surface area contributed by atoms with Crippen molar-refractivity contribution in [2.24, 2.45) is 10.8 Å². The molecule has 30 heavy (non-hydrogen) atoms. The molecule has 1 aliphatic heterocycles. The lowest BCUT2D eigenvalue weighted by molar-refractivity contribution is 0.562. The molecule has 3 heterocycles. The van der Waals surface area contributed by atoms with Crippen molar-refractivity contribution in [2.45, 2.75) is 30.0 Å². The maximum absolute atomic E-state index is 13.3. The summed E-state index contributed by atoms with van der Waals surface area (Å²) in [4.78, 5) is 11.2. The average Bonchev–Trinajstić information content (AvgIpc) is 3.06. The lowest BCUT2D eigenvalue weighted by atomic mass is 10.1. The number of aromatic nitrogens is 4. The largest absolute Gasteiger partial charge is 0.355 e. The first-order chi connectivity index (χ1) is 14.2. The van der Waals surface area contributed by atoms with Crippen LogP contribution in [0.5, 0.6) is 0 Å². The molecule has 0 spiro atoms. The number of aryl methyl sites for hydroxylation is 2. The molecule has 1 aliphatic rings. The Morgan fingerprint density at radius 3 is 2.37 bits per heavy atom. The van der Waals surface area contributed by atoms with Crippen molar-refractivity contribution in [1.29, 1.82) is 0 Å². The third-order valence-corrected chi connectivity index (χ3v) is 10.1. The maximum atomic E-state index is 13.3. The molecule has 3 aromatic rings. The van der Waals surface area contributed by atoms with E-state index in [1.165, 1.54) is 24.2 Å². The molecule has 0 aliphatic carbocycles. The van der Waals surface area contributed by atoms with Gasteiger partial charge in [0.2, 0.25) is 0 Å². The van der Waals surface area contributed by atoms with E-state index in [-0.39, 0.29) is 10.3 Å². The third kappa shape index (κ3) is 3.91. The van der Waals surface area contributed by atoms with Gasteiger partial charge in [0.25, 0.3) is 0 Å².